The smallest absolute Gasteiger partial charge is 0.550 e. The van der Waals surface area contributed by atoms with Crippen molar-refractivity contribution in [3.05, 3.63) is 0 Å². The van der Waals surface area contributed by atoms with E-state index in [4.69, 9.17) is 5.11 Å². The van der Waals surface area contributed by atoms with Crippen LogP contribution in [0.4, 0.5) is 0 Å². The van der Waals surface area contributed by atoms with Gasteiger partial charge in [-0.3, -0.25) is 0 Å². The topological polar surface area (TPSA) is 141 Å². The Morgan fingerprint density at radius 2 is 1.25 bits per heavy atom. The van der Waals surface area contributed by atoms with Gasteiger partial charge in [-0.2, -0.15) is 0 Å². The second-order valence-corrected chi connectivity index (χ2v) is 2.42. The molecule has 0 aromatic carbocycles. The van der Waals surface area contributed by atoms with E-state index < -0.39 is 36.4 Å². The minimum atomic E-state index is -2.97. The summed E-state index contributed by atoms with van der Waals surface area (Å²) in [6.07, 6.45) is -2.72. The molecule has 0 aromatic heterocycles. The molecule has 0 bridgehead atoms. The Labute approximate surface area is 143 Å². The van der Waals surface area contributed by atoms with Crippen LogP contribution in [0.3, 0.4) is 0 Å². The number of carbonyl (C=O) groups is 3. The minimum Gasteiger partial charge on any atom is -0.550 e. The molecule has 1 N–H and O–H groups in total. The van der Waals surface area contributed by atoms with Gasteiger partial charge in [0.25, 0.3) is 0 Å². The van der Waals surface area contributed by atoms with Crippen molar-refractivity contribution in [2.24, 2.45) is 0 Å². The number of carbonyl (C=O) groups excluding carboxylic acids is 3. The first kappa shape index (κ1) is 25.6. The van der Waals surface area contributed by atoms with Gasteiger partial charge < -0.3 is 34.8 Å². The molecule has 0 unspecified atom stereocenters. The fraction of sp³-hybridized carbons (Fsp3) is 0.500. The van der Waals surface area contributed by atoms with Crippen molar-refractivity contribution in [1.29, 1.82) is 0 Å². The molecule has 0 atom stereocenters. The molecule has 0 heterocycles. The van der Waals surface area contributed by atoms with E-state index in [1.807, 2.05) is 0 Å². The van der Waals surface area contributed by atoms with Gasteiger partial charge in [-0.1, -0.05) is 0 Å². The molecule has 10 heteroatoms. The zero-order chi connectivity index (χ0) is 10.6. The van der Waals surface area contributed by atoms with Gasteiger partial charge in [0.15, 0.2) is 0 Å². The molecular formula is C6H5AlNaO7Zr+3. The Bertz CT molecular complexity index is 243. The van der Waals surface area contributed by atoms with E-state index in [1.165, 1.54) is 0 Å². The molecular weight excluding hydrogens is 325 g/mol. The number of rotatable bonds is 5. The van der Waals surface area contributed by atoms with E-state index in [0.717, 1.165) is 0 Å². The number of carboxylic acid groups (broad SMARTS) is 3. The van der Waals surface area contributed by atoms with E-state index >= 15 is 0 Å². The van der Waals surface area contributed by atoms with Crippen LogP contribution in [0.5, 0.6) is 0 Å². The first-order valence-electron chi connectivity index (χ1n) is 3.11. The average Bonchev–Trinajstić information content (AvgIpc) is 1.82. The van der Waals surface area contributed by atoms with E-state index in [2.05, 4.69) is 0 Å². The summed E-state index contributed by atoms with van der Waals surface area (Å²) in [4.78, 5) is 30.0. The predicted molar refractivity (Wildman–Crippen MR) is 35.0 cm³/mol. The van der Waals surface area contributed by atoms with E-state index in [9.17, 15) is 29.7 Å². The van der Waals surface area contributed by atoms with Crippen LogP contribution in [0, 0.1) is 0 Å². The van der Waals surface area contributed by atoms with Gasteiger partial charge in [-0.15, -0.1) is 0 Å². The molecule has 0 aromatic rings. The van der Waals surface area contributed by atoms with Gasteiger partial charge in [0.05, 0.1) is 5.97 Å². The predicted octanol–water partition coefficient (Wildman–Crippen LogP) is -8.63. The van der Waals surface area contributed by atoms with Crippen LogP contribution < -0.4 is 44.9 Å². The first-order chi connectivity index (χ1) is 5.78. The summed E-state index contributed by atoms with van der Waals surface area (Å²) in [6.45, 7) is 0. The van der Waals surface area contributed by atoms with Crippen molar-refractivity contribution < 1.29 is 90.6 Å². The Balaban J connectivity index is -0.000000240. The van der Waals surface area contributed by atoms with Crippen molar-refractivity contribution in [2.75, 3.05) is 0 Å². The molecule has 16 heavy (non-hydrogen) atoms. The van der Waals surface area contributed by atoms with Crippen LogP contribution in [0.1, 0.15) is 12.8 Å². The summed E-state index contributed by atoms with van der Waals surface area (Å²) >= 11 is 0. The van der Waals surface area contributed by atoms with Gasteiger partial charge in [-0.25, -0.2) is 0 Å². The fourth-order valence-electron chi connectivity index (χ4n) is 0.684. The number of carboxylic acids is 3. The average molecular weight is 330 g/mol. The molecule has 0 spiro atoms. The molecule has 0 rings (SSSR count). The zero-order valence-corrected chi connectivity index (χ0v) is 14.0. The summed E-state index contributed by atoms with van der Waals surface area (Å²) < 4.78 is 0. The molecule has 0 saturated carbocycles. The maximum Gasteiger partial charge on any atom is 3.00 e. The van der Waals surface area contributed by atoms with Crippen molar-refractivity contribution in [3.63, 3.8) is 0 Å². The van der Waals surface area contributed by atoms with Crippen LogP contribution >= 0.6 is 0 Å². The summed E-state index contributed by atoms with van der Waals surface area (Å²) in [5.41, 5.74) is -2.97. The van der Waals surface area contributed by atoms with Crippen LogP contribution in [0.2, 0.25) is 0 Å². The second kappa shape index (κ2) is 10.9. The number of hydrogen-bond donors (Lipinski definition) is 1. The molecule has 0 amide bonds. The number of aliphatic carboxylic acids is 3. The summed E-state index contributed by atoms with van der Waals surface area (Å²) in [6, 6.07) is 0. The summed E-state index contributed by atoms with van der Waals surface area (Å²) in [5.74, 6) is -5.98. The van der Waals surface area contributed by atoms with Crippen LogP contribution in [-0.2, 0) is 40.6 Å². The van der Waals surface area contributed by atoms with Gasteiger partial charge in [0.1, 0.15) is 5.60 Å². The Hall–Kier alpha value is 0.786. The van der Waals surface area contributed by atoms with E-state index in [1.54, 1.807) is 0 Å². The molecule has 76 valence electrons. The third kappa shape index (κ3) is 9.97. The van der Waals surface area contributed by atoms with Crippen molar-refractivity contribution >= 4 is 35.3 Å². The van der Waals surface area contributed by atoms with Crippen molar-refractivity contribution in [3.8, 4) is 0 Å². The van der Waals surface area contributed by atoms with Crippen LogP contribution in [-0.4, -0.2) is 46.0 Å². The maximum absolute atomic E-state index is 10.1. The zero-order valence-electron chi connectivity index (χ0n) is 8.39. The second-order valence-electron chi connectivity index (χ2n) is 2.42. The number of hydrogen-bond acceptors (Lipinski definition) is 7. The standard InChI is InChI=1S/C6H8O7.Al.Na.Zr/c7-3(8)1-6(13,5(11)12)2-4(9)10;;;/h13H,1-2H2,(H,7,8)(H,9,10)(H,11,12);;;/q;+3;+1;+2/p-3. The quantitative estimate of drug-likeness (QED) is 0.493. The Morgan fingerprint density at radius 1 is 1.00 bits per heavy atom. The maximum atomic E-state index is 10.1. The van der Waals surface area contributed by atoms with Gasteiger partial charge in [0, 0.05) is 24.8 Å². The summed E-state index contributed by atoms with van der Waals surface area (Å²) in [5, 5.41) is 38.9. The largest absolute Gasteiger partial charge is 3.00 e. The third-order valence-electron chi connectivity index (χ3n) is 1.25. The SMILES string of the molecule is O=C([O-])CC(O)(CC(=O)[O-])C(=O)[O-].[Al+3].[Na+].[Zr+2]. The van der Waals surface area contributed by atoms with Crippen LogP contribution in [0.15, 0.2) is 0 Å². The monoisotopic (exact) mass is 329 g/mol. The third-order valence-corrected chi connectivity index (χ3v) is 1.25. The van der Waals surface area contributed by atoms with Crippen molar-refractivity contribution in [2.45, 2.75) is 18.4 Å². The van der Waals surface area contributed by atoms with E-state index in [0.29, 0.717) is 0 Å². The molecule has 7 nitrogen and oxygen atoms in total. The van der Waals surface area contributed by atoms with E-state index in [-0.39, 0.29) is 73.1 Å². The molecule has 0 aliphatic heterocycles. The molecule has 0 radical (unpaired) electrons. The minimum absolute atomic E-state index is 0. The Morgan fingerprint density at radius 3 is 1.38 bits per heavy atom. The van der Waals surface area contributed by atoms with Crippen molar-refractivity contribution in [1.82, 2.24) is 0 Å². The molecule has 0 aliphatic rings. The summed E-state index contributed by atoms with van der Waals surface area (Å²) in [7, 11) is 0. The molecule has 0 aliphatic carbocycles. The first-order valence-corrected chi connectivity index (χ1v) is 3.11. The number of aliphatic hydroxyl groups is 1. The van der Waals surface area contributed by atoms with Gasteiger partial charge in [0.2, 0.25) is 0 Å². The molecule has 0 fully saturated rings. The molecule has 0 saturated heterocycles. The van der Waals surface area contributed by atoms with Crippen LogP contribution in [0.25, 0.3) is 0 Å². The van der Waals surface area contributed by atoms with Gasteiger partial charge in [-0.05, 0) is 0 Å². The normalized spacial score (nSPS) is 8.81. The fourth-order valence-corrected chi connectivity index (χ4v) is 0.684. The Kier molecular flexibility index (Phi) is 17.4. The van der Waals surface area contributed by atoms with Gasteiger partial charge >= 0.3 is 73.1 Å².